The van der Waals surface area contributed by atoms with Crippen molar-refractivity contribution in [1.29, 1.82) is 0 Å². The van der Waals surface area contributed by atoms with Crippen LogP contribution in [-0.2, 0) is 11.0 Å². The number of ketones is 1. The van der Waals surface area contributed by atoms with E-state index < -0.39 is 11.7 Å². The van der Waals surface area contributed by atoms with E-state index in [1.165, 1.54) is 6.07 Å². The van der Waals surface area contributed by atoms with Crippen molar-refractivity contribution < 1.29 is 32.2 Å². The van der Waals surface area contributed by atoms with E-state index >= 15 is 0 Å². The van der Waals surface area contributed by atoms with Crippen molar-refractivity contribution in [3.63, 3.8) is 0 Å². The molecule has 0 atom stereocenters. The van der Waals surface area contributed by atoms with Gasteiger partial charge in [0.2, 0.25) is 5.91 Å². The monoisotopic (exact) mass is 463 g/mol. The number of aromatic nitrogens is 1. The number of hydrogen-bond donors (Lipinski definition) is 0. The van der Waals surface area contributed by atoms with E-state index in [9.17, 15) is 22.8 Å². The van der Waals surface area contributed by atoms with Crippen LogP contribution in [0.2, 0.25) is 0 Å². The summed E-state index contributed by atoms with van der Waals surface area (Å²) in [5.41, 5.74) is -0.316. The molecule has 2 aliphatic heterocycles. The number of benzene rings is 1. The molecule has 0 saturated carbocycles. The lowest BCUT2D eigenvalue weighted by atomic mass is 10.1. The number of pyridine rings is 1. The van der Waals surface area contributed by atoms with Crippen LogP contribution < -0.4 is 14.4 Å². The maximum atomic E-state index is 12.7. The minimum absolute atomic E-state index is 0.0825. The summed E-state index contributed by atoms with van der Waals surface area (Å²) in [6, 6.07) is 7.39. The fourth-order valence-corrected chi connectivity index (χ4v) is 3.79. The molecule has 7 nitrogen and oxygen atoms in total. The summed E-state index contributed by atoms with van der Waals surface area (Å²) in [5, 5.41) is 0. The first kappa shape index (κ1) is 22.9. The van der Waals surface area contributed by atoms with Crippen molar-refractivity contribution in [3.05, 3.63) is 47.7 Å². The minimum Gasteiger partial charge on any atom is -0.490 e. The van der Waals surface area contributed by atoms with Crippen LogP contribution in [0.4, 0.5) is 19.0 Å². The molecule has 10 heteroatoms. The van der Waals surface area contributed by atoms with Gasteiger partial charge < -0.3 is 19.3 Å². The van der Waals surface area contributed by atoms with Crippen molar-refractivity contribution in [2.75, 3.05) is 44.3 Å². The molecule has 176 valence electrons. The highest BCUT2D eigenvalue weighted by Gasteiger charge is 2.31. The van der Waals surface area contributed by atoms with Gasteiger partial charge in [0.05, 0.1) is 18.8 Å². The van der Waals surface area contributed by atoms with Crippen LogP contribution in [0.5, 0.6) is 11.5 Å². The van der Waals surface area contributed by atoms with E-state index in [1.54, 1.807) is 23.1 Å². The highest BCUT2D eigenvalue weighted by Crippen LogP contribution is 2.31. The second-order valence-corrected chi connectivity index (χ2v) is 7.91. The van der Waals surface area contributed by atoms with Gasteiger partial charge in [0.1, 0.15) is 5.82 Å². The Hall–Kier alpha value is -3.30. The highest BCUT2D eigenvalue weighted by atomic mass is 19.4. The van der Waals surface area contributed by atoms with Crippen LogP contribution in [0, 0.1) is 0 Å². The molecular weight excluding hydrogens is 439 g/mol. The SMILES string of the molecule is O=C(CCC(=O)N1CCN(c2ccc(C(F)(F)F)cn2)CC1)c1ccc2c(c1)OCCCO2. The van der Waals surface area contributed by atoms with Crippen LogP contribution >= 0.6 is 0 Å². The van der Waals surface area contributed by atoms with Gasteiger partial charge in [0, 0.05) is 57.2 Å². The highest BCUT2D eigenvalue weighted by molar-refractivity contribution is 5.98. The molecule has 2 aromatic rings. The number of rotatable bonds is 5. The average Bonchev–Trinajstić information content (AvgIpc) is 3.07. The number of piperazine rings is 1. The van der Waals surface area contributed by atoms with Crippen LogP contribution in [0.25, 0.3) is 0 Å². The topological polar surface area (TPSA) is 72.0 Å². The summed E-state index contributed by atoms with van der Waals surface area (Å²) in [4.78, 5) is 32.6. The van der Waals surface area contributed by atoms with E-state index in [0.29, 0.717) is 62.3 Å². The van der Waals surface area contributed by atoms with Crippen LogP contribution in [0.1, 0.15) is 35.2 Å². The molecule has 0 aliphatic carbocycles. The largest absolute Gasteiger partial charge is 0.490 e. The number of anilines is 1. The minimum atomic E-state index is -4.42. The average molecular weight is 463 g/mol. The first-order valence-corrected chi connectivity index (χ1v) is 10.8. The maximum absolute atomic E-state index is 12.7. The summed E-state index contributed by atoms with van der Waals surface area (Å²) in [5.74, 6) is 1.32. The second-order valence-electron chi connectivity index (χ2n) is 7.91. The number of carbonyl (C=O) groups excluding carboxylic acids is 2. The van der Waals surface area contributed by atoms with E-state index in [0.717, 1.165) is 18.7 Å². The van der Waals surface area contributed by atoms with Crippen LogP contribution in [0.3, 0.4) is 0 Å². The second kappa shape index (κ2) is 9.68. The first-order valence-electron chi connectivity index (χ1n) is 10.8. The number of ether oxygens (including phenoxy) is 2. The quantitative estimate of drug-likeness (QED) is 0.632. The van der Waals surface area contributed by atoms with Crippen molar-refractivity contribution in [3.8, 4) is 11.5 Å². The zero-order valence-electron chi connectivity index (χ0n) is 17.9. The first-order chi connectivity index (χ1) is 15.8. The van der Waals surface area contributed by atoms with Gasteiger partial charge in [-0.2, -0.15) is 13.2 Å². The molecule has 1 saturated heterocycles. The van der Waals surface area contributed by atoms with Gasteiger partial charge in [-0.1, -0.05) is 0 Å². The molecule has 1 amide bonds. The van der Waals surface area contributed by atoms with Gasteiger partial charge in [-0.3, -0.25) is 9.59 Å². The Kier molecular flexibility index (Phi) is 6.71. The van der Waals surface area contributed by atoms with Gasteiger partial charge in [-0.05, 0) is 30.3 Å². The summed E-state index contributed by atoms with van der Waals surface area (Å²) >= 11 is 0. The molecule has 4 rings (SSSR count). The van der Waals surface area contributed by atoms with Gasteiger partial charge in [-0.15, -0.1) is 0 Å². The van der Waals surface area contributed by atoms with Gasteiger partial charge >= 0.3 is 6.18 Å². The van der Waals surface area contributed by atoms with Crippen LogP contribution in [0.15, 0.2) is 36.5 Å². The number of amides is 1. The number of alkyl halides is 3. The lowest BCUT2D eigenvalue weighted by Crippen LogP contribution is -2.49. The molecule has 2 aliphatic rings. The third-order valence-electron chi connectivity index (χ3n) is 5.67. The predicted molar refractivity (Wildman–Crippen MR) is 114 cm³/mol. The summed E-state index contributed by atoms with van der Waals surface area (Å²) in [7, 11) is 0. The molecule has 0 N–H and O–H groups in total. The number of nitrogens with zero attached hydrogens (tertiary/aromatic N) is 3. The number of Topliss-reactive ketones (excluding diaryl/α,β-unsaturated/α-hetero) is 1. The Morgan fingerprint density at radius 1 is 0.939 bits per heavy atom. The predicted octanol–water partition coefficient (Wildman–Crippen LogP) is 3.57. The van der Waals surface area contributed by atoms with Gasteiger partial charge in [-0.25, -0.2) is 4.98 Å². The normalized spacial score (nSPS) is 16.3. The molecule has 3 heterocycles. The molecule has 1 aromatic heterocycles. The lowest BCUT2D eigenvalue weighted by molar-refractivity contribution is -0.137. The smallest absolute Gasteiger partial charge is 0.417 e. The molecule has 33 heavy (non-hydrogen) atoms. The third-order valence-corrected chi connectivity index (χ3v) is 5.67. The zero-order chi connectivity index (χ0) is 23.4. The maximum Gasteiger partial charge on any atom is 0.417 e. The molecule has 1 aromatic carbocycles. The fraction of sp³-hybridized carbons (Fsp3) is 0.435. The Labute approximate surface area is 189 Å². The summed E-state index contributed by atoms with van der Waals surface area (Å²) in [6.07, 6.45) is -2.66. The lowest BCUT2D eigenvalue weighted by Gasteiger charge is -2.35. The van der Waals surface area contributed by atoms with E-state index in [2.05, 4.69) is 4.98 Å². The number of fused-ring (bicyclic) bond motifs is 1. The Morgan fingerprint density at radius 3 is 2.33 bits per heavy atom. The molecular formula is C23H24F3N3O4. The number of carbonyl (C=O) groups is 2. The summed E-state index contributed by atoms with van der Waals surface area (Å²) < 4.78 is 49.3. The van der Waals surface area contributed by atoms with E-state index in [-0.39, 0.29) is 24.5 Å². The zero-order valence-corrected chi connectivity index (χ0v) is 17.9. The molecule has 0 spiro atoms. The van der Waals surface area contributed by atoms with Crippen LogP contribution in [-0.4, -0.2) is 61.0 Å². The molecule has 0 radical (unpaired) electrons. The number of halogens is 3. The Morgan fingerprint density at radius 2 is 1.67 bits per heavy atom. The van der Waals surface area contributed by atoms with Crippen molar-refractivity contribution in [1.82, 2.24) is 9.88 Å². The Bertz CT molecular complexity index is 1000. The van der Waals surface area contributed by atoms with Crippen molar-refractivity contribution >= 4 is 17.5 Å². The molecule has 0 bridgehead atoms. The standard InChI is InChI=1S/C23H24F3N3O4/c24-23(25,26)17-3-6-21(27-15-17)28-8-10-29(11-9-28)22(31)7-4-18(30)16-2-5-19-20(14-16)33-13-1-12-32-19/h2-3,5-6,14-15H,1,4,7-13H2. The van der Waals surface area contributed by atoms with Crippen molar-refractivity contribution in [2.24, 2.45) is 0 Å². The van der Waals surface area contributed by atoms with Gasteiger partial charge in [0.15, 0.2) is 17.3 Å². The summed E-state index contributed by atoms with van der Waals surface area (Å²) in [6.45, 7) is 2.84. The molecule has 1 fully saturated rings. The third kappa shape index (κ3) is 5.55. The van der Waals surface area contributed by atoms with E-state index in [4.69, 9.17) is 9.47 Å². The van der Waals surface area contributed by atoms with Crippen molar-refractivity contribution in [2.45, 2.75) is 25.4 Å². The number of hydrogen-bond acceptors (Lipinski definition) is 6. The fourth-order valence-electron chi connectivity index (χ4n) is 3.79. The van der Waals surface area contributed by atoms with Gasteiger partial charge in [0.25, 0.3) is 0 Å². The van der Waals surface area contributed by atoms with E-state index in [1.807, 2.05) is 4.90 Å². The Balaban J connectivity index is 1.26. The molecule has 0 unspecified atom stereocenters.